The fraction of sp³-hybridized carbons (Fsp3) is 0.429. The number of hydrogen-bond donors (Lipinski definition) is 0. The number of ether oxygens (including phenoxy) is 1. The second-order valence-corrected chi connectivity index (χ2v) is 7.53. The molecular formula is C21H24N4O4. The summed E-state index contributed by atoms with van der Waals surface area (Å²) in [4.78, 5) is 31.9. The van der Waals surface area contributed by atoms with E-state index in [4.69, 9.17) is 9.15 Å². The monoisotopic (exact) mass is 396 g/mol. The highest BCUT2D eigenvalue weighted by atomic mass is 16.5. The van der Waals surface area contributed by atoms with Crippen LogP contribution in [0.1, 0.15) is 50.0 Å². The predicted octanol–water partition coefficient (Wildman–Crippen LogP) is 3.44. The molecule has 0 aliphatic carbocycles. The summed E-state index contributed by atoms with van der Waals surface area (Å²) in [6, 6.07) is 5.23. The van der Waals surface area contributed by atoms with Crippen molar-refractivity contribution in [1.82, 2.24) is 19.7 Å². The largest absolute Gasteiger partial charge is 0.463 e. The van der Waals surface area contributed by atoms with Crippen LogP contribution in [0, 0.1) is 0 Å². The SMILES string of the molecule is CC(OC(=O)c1cc(-c2ccco2)nc2c1cnn2C(C)C)C(=O)N1CCCC1. The van der Waals surface area contributed by atoms with Crippen molar-refractivity contribution in [3.05, 3.63) is 36.2 Å². The summed E-state index contributed by atoms with van der Waals surface area (Å²) in [5, 5.41) is 4.96. The Morgan fingerprint density at radius 1 is 1.21 bits per heavy atom. The second kappa shape index (κ2) is 7.69. The van der Waals surface area contributed by atoms with Crippen LogP contribution in [0.5, 0.6) is 0 Å². The van der Waals surface area contributed by atoms with Gasteiger partial charge in [0.1, 0.15) is 5.69 Å². The zero-order chi connectivity index (χ0) is 20.5. The van der Waals surface area contributed by atoms with Gasteiger partial charge in [-0.05, 0) is 51.8 Å². The summed E-state index contributed by atoms with van der Waals surface area (Å²) in [7, 11) is 0. The van der Waals surface area contributed by atoms with E-state index in [0.29, 0.717) is 41.1 Å². The molecule has 3 aromatic heterocycles. The van der Waals surface area contributed by atoms with Gasteiger partial charge >= 0.3 is 5.97 Å². The highest BCUT2D eigenvalue weighted by molar-refractivity contribution is 6.04. The van der Waals surface area contributed by atoms with Crippen LogP contribution in [-0.2, 0) is 9.53 Å². The average Bonchev–Trinajstić information content (AvgIpc) is 3.47. The lowest BCUT2D eigenvalue weighted by Gasteiger charge is -2.20. The molecule has 8 heteroatoms. The minimum atomic E-state index is -0.851. The third kappa shape index (κ3) is 3.62. The molecule has 1 unspecified atom stereocenters. The van der Waals surface area contributed by atoms with Gasteiger partial charge in [0.25, 0.3) is 5.91 Å². The number of pyridine rings is 1. The lowest BCUT2D eigenvalue weighted by molar-refractivity contribution is -0.138. The highest BCUT2D eigenvalue weighted by Crippen LogP contribution is 2.27. The topological polar surface area (TPSA) is 90.5 Å². The molecule has 3 aromatic rings. The number of amides is 1. The molecule has 1 amide bonds. The van der Waals surface area contributed by atoms with E-state index < -0.39 is 12.1 Å². The van der Waals surface area contributed by atoms with E-state index in [1.807, 2.05) is 13.8 Å². The standard InChI is InChI=1S/C21H24N4O4/c1-13(2)25-19-16(12-22-25)15(11-17(23-19)18-7-6-10-28-18)21(27)29-14(3)20(26)24-8-4-5-9-24/h6-7,10-14H,4-5,8-9H2,1-3H3. The first-order valence-corrected chi connectivity index (χ1v) is 9.87. The average molecular weight is 396 g/mol. The van der Waals surface area contributed by atoms with Gasteiger partial charge in [-0.15, -0.1) is 0 Å². The maximum Gasteiger partial charge on any atom is 0.339 e. The minimum absolute atomic E-state index is 0.0615. The third-order valence-corrected chi connectivity index (χ3v) is 5.10. The maximum atomic E-state index is 13.0. The van der Waals surface area contributed by atoms with Crippen LogP contribution in [0.25, 0.3) is 22.5 Å². The number of aromatic nitrogens is 3. The summed E-state index contributed by atoms with van der Waals surface area (Å²) >= 11 is 0. The van der Waals surface area contributed by atoms with E-state index in [1.165, 1.54) is 0 Å². The first kappa shape index (κ1) is 19.2. The van der Waals surface area contributed by atoms with Crippen molar-refractivity contribution in [2.45, 2.75) is 45.8 Å². The molecule has 0 radical (unpaired) electrons. The van der Waals surface area contributed by atoms with E-state index in [-0.39, 0.29) is 11.9 Å². The van der Waals surface area contributed by atoms with E-state index >= 15 is 0 Å². The van der Waals surface area contributed by atoms with Crippen LogP contribution in [0.4, 0.5) is 0 Å². The molecule has 4 rings (SSSR count). The fourth-order valence-corrected chi connectivity index (χ4v) is 3.58. The number of fused-ring (bicyclic) bond motifs is 1. The summed E-state index contributed by atoms with van der Waals surface area (Å²) in [6.45, 7) is 7.01. The van der Waals surface area contributed by atoms with Crippen LogP contribution < -0.4 is 0 Å². The molecule has 4 heterocycles. The lowest BCUT2D eigenvalue weighted by Crippen LogP contribution is -2.38. The van der Waals surface area contributed by atoms with Crippen LogP contribution in [0.2, 0.25) is 0 Å². The lowest BCUT2D eigenvalue weighted by atomic mass is 10.1. The van der Waals surface area contributed by atoms with Gasteiger partial charge in [0.2, 0.25) is 0 Å². The van der Waals surface area contributed by atoms with E-state index in [2.05, 4.69) is 10.1 Å². The van der Waals surface area contributed by atoms with Gasteiger partial charge in [-0.1, -0.05) is 0 Å². The fourth-order valence-electron chi connectivity index (χ4n) is 3.58. The van der Waals surface area contributed by atoms with Gasteiger partial charge < -0.3 is 14.1 Å². The Morgan fingerprint density at radius 3 is 2.62 bits per heavy atom. The first-order chi connectivity index (χ1) is 14.0. The Labute approximate surface area is 168 Å². The summed E-state index contributed by atoms with van der Waals surface area (Å²) in [5.74, 6) is -0.197. The predicted molar refractivity (Wildman–Crippen MR) is 106 cm³/mol. The zero-order valence-corrected chi connectivity index (χ0v) is 16.8. The first-order valence-electron chi connectivity index (χ1n) is 9.87. The smallest absolute Gasteiger partial charge is 0.339 e. The summed E-state index contributed by atoms with van der Waals surface area (Å²) in [5.41, 5.74) is 1.39. The van der Waals surface area contributed by atoms with Crippen LogP contribution in [0.3, 0.4) is 0 Å². The molecule has 0 N–H and O–H groups in total. The Morgan fingerprint density at radius 2 is 1.97 bits per heavy atom. The molecule has 0 bridgehead atoms. The molecule has 8 nitrogen and oxygen atoms in total. The Bertz CT molecular complexity index is 1030. The van der Waals surface area contributed by atoms with Crippen molar-refractivity contribution in [3.8, 4) is 11.5 Å². The molecule has 0 spiro atoms. The second-order valence-electron chi connectivity index (χ2n) is 7.53. The van der Waals surface area contributed by atoms with Crippen molar-refractivity contribution < 1.29 is 18.7 Å². The summed E-state index contributed by atoms with van der Waals surface area (Å²) in [6.07, 6.45) is 4.28. The molecule has 29 heavy (non-hydrogen) atoms. The maximum absolute atomic E-state index is 13.0. The summed E-state index contributed by atoms with van der Waals surface area (Å²) < 4.78 is 12.7. The Balaban J connectivity index is 1.69. The van der Waals surface area contributed by atoms with Crippen molar-refractivity contribution >= 4 is 22.9 Å². The molecule has 152 valence electrons. The highest BCUT2D eigenvalue weighted by Gasteiger charge is 2.28. The molecule has 1 aliphatic rings. The molecule has 1 fully saturated rings. The Hall–Kier alpha value is -3.16. The van der Waals surface area contributed by atoms with Crippen LogP contribution >= 0.6 is 0 Å². The molecule has 1 aliphatic heterocycles. The number of carbonyl (C=O) groups is 2. The van der Waals surface area contributed by atoms with Crippen LogP contribution in [0.15, 0.2) is 35.1 Å². The Kier molecular flexibility index (Phi) is 5.08. The normalized spacial score (nSPS) is 15.2. The molecule has 1 saturated heterocycles. The number of carbonyl (C=O) groups excluding carboxylic acids is 2. The number of hydrogen-bond acceptors (Lipinski definition) is 6. The van der Waals surface area contributed by atoms with Crippen LogP contribution in [-0.4, -0.2) is 50.7 Å². The van der Waals surface area contributed by atoms with Gasteiger partial charge in [0, 0.05) is 19.1 Å². The van der Waals surface area contributed by atoms with Gasteiger partial charge in [0.15, 0.2) is 17.5 Å². The molecule has 1 atom stereocenters. The van der Waals surface area contributed by atoms with Crippen molar-refractivity contribution in [3.63, 3.8) is 0 Å². The minimum Gasteiger partial charge on any atom is -0.463 e. The number of esters is 1. The van der Waals surface area contributed by atoms with E-state index in [0.717, 1.165) is 12.8 Å². The van der Waals surface area contributed by atoms with Gasteiger partial charge in [-0.2, -0.15) is 5.10 Å². The van der Waals surface area contributed by atoms with Crippen molar-refractivity contribution in [1.29, 1.82) is 0 Å². The quantitative estimate of drug-likeness (QED) is 0.614. The number of rotatable bonds is 5. The van der Waals surface area contributed by atoms with Gasteiger partial charge in [0.05, 0.1) is 23.4 Å². The number of furan rings is 1. The third-order valence-electron chi connectivity index (χ3n) is 5.10. The van der Waals surface area contributed by atoms with Gasteiger partial charge in [-0.3, -0.25) is 4.79 Å². The van der Waals surface area contributed by atoms with Crippen molar-refractivity contribution in [2.24, 2.45) is 0 Å². The van der Waals surface area contributed by atoms with Gasteiger partial charge in [-0.25, -0.2) is 14.5 Å². The zero-order valence-electron chi connectivity index (χ0n) is 16.8. The molecule has 0 aromatic carbocycles. The van der Waals surface area contributed by atoms with Crippen molar-refractivity contribution in [2.75, 3.05) is 13.1 Å². The van der Waals surface area contributed by atoms with E-state index in [1.54, 1.807) is 47.2 Å². The van der Waals surface area contributed by atoms with E-state index in [9.17, 15) is 9.59 Å². The molecular weight excluding hydrogens is 372 g/mol. The number of likely N-dealkylation sites (tertiary alicyclic amines) is 1. The molecule has 0 saturated carbocycles. The number of nitrogens with zero attached hydrogens (tertiary/aromatic N) is 4.